The molecule has 0 aliphatic rings. The van der Waals surface area contributed by atoms with E-state index >= 15 is 0 Å². The molecule has 0 atom stereocenters. The first kappa shape index (κ1) is 12.5. The van der Waals surface area contributed by atoms with Gasteiger partial charge in [0.25, 0.3) is 0 Å². The maximum Gasteiger partial charge on any atom is 0.174 e. The Kier molecular flexibility index (Phi) is 5.68. The van der Waals surface area contributed by atoms with E-state index in [2.05, 4.69) is 15.5 Å². The lowest BCUT2D eigenvalue weighted by Gasteiger charge is -2.06. The van der Waals surface area contributed by atoms with Crippen LogP contribution in [0.25, 0.3) is 0 Å². The van der Waals surface area contributed by atoms with E-state index in [1.807, 2.05) is 0 Å². The lowest BCUT2D eigenvalue weighted by Crippen LogP contribution is -2.03. The normalized spacial score (nSPS) is 10.3. The SMILES string of the molecule is OCCCCCNc1cc(Cl)nnc1Cl. The van der Waals surface area contributed by atoms with E-state index in [-0.39, 0.29) is 6.61 Å². The van der Waals surface area contributed by atoms with Gasteiger partial charge in [-0.3, -0.25) is 0 Å². The number of halogens is 2. The Balaban J connectivity index is 2.33. The van der Waals surface area contributed by atoms with Crippen LogP contribution in [-0.4, -0.2) is 28.5 Å². The highest BCUT2D eigenvalue weighted by atomic mass is 35.5. The minimum Gasteiger partial charge on any atom is -0.396 e. The minimum atomic E-state index is 0.239. The Morgan fingerprint density at radius 2 is 2.00 bits per heavy atom. The number of hydrogen-bond donors (Lipinski definition) is 2. The largest absolute Gasteiger partial charge is 0.396 e. The molecule has 4 nitrogen and oxygen atoms in total. The van der Waals surface area contributed by atoms with Gasteiger partial charge in [-0.15, -0.1) is 10.2 Å². The highest BCUT2D eigenvalue weighted by molar-refractivity contribution is 6.33. The van der Waals surface area contributed by atoms with Crippen LogP contribution in [0, 0.1) is 0 Å². The van der Waals surface area contributed by atoms with Crippen LogP contribution in [0.4, 0.5) is 5.69 Å². The van der Waals surface area contributed by atoms with E-state index in [1.165, 1.54) is 0 Å². The van der Waals surface area contributed by atoms with Crippen LogP contribution in [0.15, 0.2) is 6.07 Å². The number of nitrogens with one attached hydrogen (secondary N) is 1. The first-order valence-corrected chi connectivity index (χ1v) is 5.53. The number of aromatic nitrogens is 2. The Hall–Kier alpha value is -0.580. The van der Waals surface area contributed by atoms with Crippen molar-refractivity contribution in [2.75, 3.05) is 18.5 Å². The molecule has 6 heteroatoms. The van der Waals surface area contributed by atoms with Gasteiger partial charge >= 0.3 is 0 Å². The maximum absolute atomic E-state index is 8.59. The van der Waals surface area contributed by atoms with Crippen molar-refractivity contribution in [1.29, 1.82) is 0 Å². The van der Waals surface area contributed by atoms with Crippen molar-refractivity contribution in [3.05, 3.63) is 16.4 Å². The molecule has 0 bridgehead atoms. The monoisotopic (exact) mass is 249 g/mol. The summed E-state index contributed by atoms with van der Waals surface area (Å²) in [7, 11) is 0. The minimum absolute atomic E-state index is 0.239. The Morgan fingerprint density at radius 3 is 2.73 bits per heavy atom. The van der Waals surface area contributed by atoms with Crippen molar-refractivity contribution in [3.63, 3.8) is 0 Å². The fourth-order valence-electron chi connectivity index (χ4n) is 1.11. The second-order valence-corrected chi connectivity index (χ2v) is 3.83. The van der Waals surface area contributed by atoms with Crippen LogP contribution in [-0.2, 0) is 0 Å². The smallest absolute Gasteiger partial charge is 0.174 e. The fourth-order valence-corrected chi connectivity index (χ4v) is 1.42. The Morgan fingerprint density at radius 1 is 1.20 bits per heavy atom. The van der Waals surface area contributed by atoms with Gasteiger partial charge in [-0.05, 0) is 19.3 Å². The van der Waals surface area contributed by atoms with E-state index in [1.54, 1.807) is 6.07 Å². The maximum atomic E-state index is 8.59. The second-order valence-electron chi connectivity index (χ2n) is 3.08. The molecule has 84 valence electrons. The highest BCUT2D eigenvalue weighted by Crippen LogP contribution is 2.20. The molecule has 0 radical (unpaired) electrons. The molecule has 1 aromatic heterocycles. The zero-order valence-corrected chi connectivity index (χ0v) is 9.72. The average Bonchev–Trinajstić information content (AvgIpc) is 2.23. The van der Waals surface area contributed by atoms with Crippen LogP contribution in [0.3, 0.4) is 0 Å². The summed E-state index contributed by atoms with van der Waals surface area (Å²) in [6.45, 7) is 1.02. The van der Waals surface area contributed by atoms with Crippen LogP contribution in [0.1, 0.15) is 19.3 Å². The second kappa shape index (κ2) is 6.82. The number of hydrogen-bond acceptors (Lipinski definition) is 4. The van der Waals surface area contributed by atoms with Crippen LogP contribution in [0.5, 0.6) is 0 Å². The molecule has 0 aromatic carbocycles. The van der Waals surface area contributed by atoms with E-state index in [0.717, 1.165) is 25.8 Å². The number of anilines is 1. The molecular weight excluding hydrogens is 237 g/mol. The lowest BCUT2D eigenvalue weighted by molar-refractivity contribution is 0.283. The predicted molar refractivity (Wildman–Crippen MR) is 61.5 cm³/mol. The topological polar surface area (TPSA) is 58.0 Å². The average molecular weight is 250 g/mol. The number of nitrogens with zero attached hydrogens (tertiary/aromatic N) is 2. The van der Waals surface area contributed by atoms with Gasteiger partial charge in [0.15, 0.2) is 10.3 Å². The molecule has 0 amide bonds. The molecule has 2 N–H and O–H groups in total. The number of aliphatic hydroxyl groups is 1. The summed E-state index contributed by atoms with van der Waals surface area (Å²) < 4.78 is 0. The molecule has 0 unspecified atom stereocenters. The lowest BCUT2D eigenvalue weighted by atomic mass is 10.2. The van der Waals surface area contributed by atoms with Gasteiger partial charge in [-0.2, -0.15) is 0 Å². The Bertz CT molecular complexity index is 309. The van der Waals surface area contributed by atoms with Crippen molar-refractivity contribution in [2.24, 2.45) is 0 Å². The summed E-state index contributed by atoms with van der Waals surface area (Å²) in [4.78, 5) is 0. The molecule has 0 aliphatic carbocycles. The summed E-state index contributed by atoms with van der Waals surface area (Å²) >= 11 is 11.5. The number of aliphatic hydroxyl groups excluding tert-OH is 1. The Labute approximate surface area is 98.6 Å². The van der Waals surface area contributed by atoms with Gasteiger partial charge in [0.1, 0.15) is 0 Å². The van der Waals surface area contributed by atoms with Crippen molar-refractivity contribution in [2.45, 2.75) is 19.3 Å². The summed E-state index contributed by atoms with van der Waals surface area (Å²) in [5.74, 6) is 0. The molecule has 15 heavy (non-hydrogen) atoms. The van der Waals surface area contributed by atoms with Crippen LogP contribution < -0.4 is 5.32 Å². The number of rotatable bonds is 6. The van der Waals surface area contributed by atoms with E-state index in [9.17, 15) is 0 Å². The highest BCUT2D eigenvalue weighted by Gasteiger charge is 2.02. The quantitative estimate of drug-likeness (QED) is 0.761. The molecule has 1 rings (SSSR count). The first-order chi connectivity index (χ1) is 7.24. The van der Waals surface area contributed by atoms with Crippen LogP contribution >= 0.6 is 23.2 Å². The molecule has 0 aliphatic heterocycles. The standard InChI is InChI=1S/C9H13Cl2N3O/c10-8-6-7(9(11)14-13-8)12-4-2-1-3-5-15/h6,15H,1-5H2,(H,12,13). The third-order valence-electron chi connectivity index (χ3n) is 1.87. The molecule has 0 spiro atoms. The zero-order chi connectivity index (χ0) is 11.1. The van der Waals surface area contributed by atoms with Gasteiger partial charge < -0.3 is 10.4 Å². The molecule has 0 saturated heterocycles. The van der Waals surface area contributed by atoms with Gasteiger partial charge in [-0.25, -0.2) is 0 Å². The van der Waals surface area contributed by atoms with Crippen molar-refractivity contribution < 1.29 is 5.11 Å². The van der Waals surface area contributed by atoms with E-state index < -0.39 is 0 Å². The third-order valence-corrected chi connectivity index (χ3v) is 2.33. The summed E-state index contributed by atoms with van der Waals surface area (Å²) in [5, 5.41) is 19.6. The van der Waals surface area contributed by atoms with Gasteiger partial charge in [0.2, 0.25) is 0 Å². The molecule has 0 saturated carbocycles. The van der Waals surface area contributed by atoms with Crippen molar-refractivity contribution >= 4 is 28.9 Å². The predicted octanol–water partition coefficient (Wildman–Crippen LogP) is 2.36. The summed E-state index contributed by atoms with van der Waals surface area (Å²) in [6.07, 6.45) is 2.77. The third kappa shape index (κ3) is 4.64. The first-order valence-electron chi connectivity index (χ1n) is 4.77. The molecule has 1 heterocycles. The molecule has 0 fully saturated rings. The van der Waals surface area contributed by atoms with E-state index in [4.69, 9.17) is 28.3 Å². The summed E-state index contributed by atoms with van der Waals surface area (Å²) in [5.41, 5.74) is 0.695. The van der Waals surface area contributed by atoms with E-state index in [0.29, 0.717) is 16.0 Å². The van der Waals surface area contributed by atoms with Gasteiger partial charge in [-0.1, -0.05) is 23.2 Å². The summed E-state index contributed by atoms with van der Waals surface area (Å²) in [6, 6.07) is 1.64. The van der Waals surface area contributed by atoms with Crippen molar-refractivity contribution in [1.82, 2.24) is 10.2 Å². The number of unbranched alkanes of at least 4 members (excludes halogenated alkanes) is 2. The molecular formula is C9H13Cl2N3O. The van der Waals surface area contributed by atoms with Gasteiger partial charge in [0, 0.05) is 19.2 Å². The zero-order valence-electron chi connectivity index (χ0n) is 8.21. The fraction of sp³-hybridized carbons (Fsp3) is 0.556. The van der Waals surface area contributed by atoms with Crippen molar-refractivity contribution in [3.8, 4) is 0 Å². The van der Waals surface area contributed by atoms with Gasteiger partial charge in [0.05, 0.1) is 5.69 Å². The molecule has 1 aromatic rings. The van der Waals surface area contributed by atoms with Crippen LogP contribution in [0.2, 0.25) is 10.3 Å².